The van der Waals surface area contributed by atoms with Crippen molar-refractivity contribution >= 4 is 10.9 Å². The average molecular weight is 272 g/mol. The minimum Gasteiger partial charge on any atom is -0.347 e. The summed E-state index contributed by atoms with van der Waals surface area (Å²) < 4.78 is 2.42. The highest BCUT2D eigenvalue weighted by Gasteiger charge is 2.09. The second kappa shape index (κ2) is 7.49. The summed E-state index contributed by atoms with van der Waals surface area (Å²) >= 11 is 0. The molecule has 0 saturated carbocycles. The van der Waals surface area contributed by atoms with Crippen molar-refractivity contribution in [3.05, 3.63) is 36.0 Å². The molecule has 0 aliphatic carbocycles. The zero-order valence-electron chi connectivity index (χ0n) is 12.9. The summed E-state index contributed by atoms with van der Waals surface area (Å²) in [7, 11) is 0. The number of nitrogens with zero attached hydrogens (tertiary/aromatic N) is 1. The zero-order chi connectivity index (χ0) is 14.4. The molecule has 0 amide bonds. The maximum atomic E-state index is 6.15. The highest BCUT2D eigenvalue weighted by molar-refractivity contribution is 5.83. The fourth-order valence-electron chi connectivity index (χ4n) is 2.83. The third-order valence-electron chi connectivity index (χ3n) is 4.13. The third kappa shape index (κ3) is 3.63. The SMILES string of the molecule is CCCCCCn1ccc2cccc(CC(N)CC)c21. The van der Waals surface area contributed by atoms with E-state index in [2.05, 4.69) is 48.9 Å². The van der Waals surface area contributed by atoms with Gasteiger partial charge in [-0.2, -0.15) is 0 Å². The molecular formula is C18H28N2. The Morgan fingerprint density at radius 1 is 1.10 bits per heavy atom. The van der Waals surface area contributed by atoms with E-state index in [9.17, 15) is 0 Å². The van der Waals surface area contributed by atoms with Gasteiger partial charge in [0.15, 0.2) is 0 Å². The van der Waals surface area contributed by atoms with E-state index in [1.54, 1.807) is 0 Å². The van der Waals surface area contributed by atoms with E-state index in [4.69, 9.17) is 5.73 Å². The first-order valence-electron chi connectivity index (χ1n) is 8.08. The van der Waals surface area contributed by atoms with Crippen LogP contribution in [0.5, 0.6) is 0 Å². The molecule has 0 spiro atoms. The Morgan fingerprint density at radius 3 is 2.70 bits per heavy atom. The minimum absolute atomic E-state index is 0.268. The van der Waals surface area contributed by atoms with Gasteiger partial charge >= 0.3 is 0 Å². The molecule has 0 aliphatic rings. The average Bonchev–Trinajstić information content (AvgIpc) is 2.88. The van der Waals surface area contributed by atoms with Crippen LogP contribution in [0.15, 0.2) is 30.5 Å². The van der Waals surface area contributed by atoms with E-state index in [-0.39, 0.29) is 6.04 Å². The van der Waals surface area contributed by atoms with Gasteiger partial charge in [0.05, 0.1) is 5.52 Å². The second-order valence-electron chi connectivity index (χ2n) is 5.80. The molecule has 0 radical (unpaired) electrons. The van der Waals surface area contributed by atoms with Crippen LogP contribution in [0.2, 0.25) is 0 Å². The smallest absolute Gasteiger partial charge is 0.0513 e. The summed E-state index contributed by atoms with van der Waals surface area (Å²) in [6, 6.07) is 9.10. The molecule has 2 nitrogen and oxygen atoms in total. The van der Waals surface area contributed by atoms with Gasteiger partial charge < -0.3 is 10.3 Å². The molecule has 2 heteroatoms. The highest BCUT2D eigenvalue weighted by atomic mass is 15.0. The van der Waals surface area contributed by atoms with Crippen molar-refractivity contribution in [1.82, 2.24) is 4.57 Å². The lowest BCUT2D eigenvalue weighted by Gasteiger charge is -2.13. The van der Waals surface area contributed by atoms with Gasteiger partial charge in [-0.3, -0.25) is 0 Å². The van der Waals surface area contributed by atoms with Crippen molar-refractivity contribution < 1.29 is 0 Å². The van der Waals surface area contributed by atoms with Gasteiger partial charge in [-0.05, 0) is 36.3 Å². The molecule has 1 atom stereocenters. The summed E-state index contributed by atoms with van der Waals surface area (Å²) in [5, 5.41) is 1.35. The van der Waals surface area contributed by atoms with Crippen LogP contribution in [-0.2, 0) is 13.0 Å². The number of fused-ring (bicyclic) bond motifs is 1. The minimum atomic E-state index is 0.268. The van der Waals surface area contributed by atoms with Gasteiger partial charge in [-0.25, -0.2) is 0 Å². The van der Waals surface area contributed by atoms with E-state index in [0.717, 1.165) is 19.4 Å². The largest absolute Gasteiger partial charge is 0.347 e. The number of aromatic nitrogens is 1. The Balaban J connectivity index is 2.17. The van der Waals surface area contributed by atoms with Crippen LogP contribution in [0.25, 0.3) is 10.9 Å². The number of para-hydroxylation sites is 1. The Kier molecular flexibility index (Phi) is 5.66. The number of hydrogen-bond acceptors (Lipinski definition) is 1. The summed E-state index contributed by atoms with van der Waals surface area (Å²) in [6.45, 7) is 5.55. The maximum absolute atomic E-state index is 6.15. The van der Waals surface area contributed by atoms with Gasteiger partial charge in [0.1, 0.15) is 0 Å². The molecule has 1 unspecified atom stereocenters. The normalized spacial score (nSPS) is 12.9. The topological polar surface area (TPSA) is 30.9 Å². The van der Waals surface area contributed by atoms with Crippen molar-refractivity contribution in [2.45, 2.75) is 65.0 Å². The standard InChI is InChI=1S/C18H28N2/c1-3-5-6-7-12-20-13-11-15-9-8-10-16(18(15)20)14-17(19)4-2/h8-11,13,17H,3-7,12,14,19H2,1-2H3. The molecule has 1 aromatic carbocycles. The molecule has 2 rings (SSSR count). The quantitative estimate of drug-likeness (QED) is 0.705. The first kappa shape index (κ1) is 15.1. The van der Waals surface area contributed by atoms with Gasteiger partial charge in [0.2, 0.25) is 0 Å². The van der Waals surface area contributed by atoms with Gasteiger partial charge in [-0.15, -0.1) is 0 Å². The first-order chi connectivity index (χ1) is 9.76. The van der Waals surface area contributed by atoms with Crippen LogP contribution in [0.4, 0.5) is 0 Å². The molecule has 1 aromatic heterocycles. The van der Waals surface area contributed by atoms with Crippen molar-refractivity contribution in [3.63, 3.8) is 0 Å². The van der Waals surface area contributed by atoms with Crippen molar-refractivity contribution in [1.29, 1.82) is 0 Å². The lowest BCUT2D eigenvalue weighted by molar-refractivity contribution is 0.591. The monoisotopic (exact) mass is 272 g/mol. The first-order valence-corrected chi connectivity index (χ1v) is 8.08. The molecule has 0 fully saturated rings. The van der Waals surface area contributed by atoms with Gasteiger partial charge in [0.25, 0.3) is 0 Å². The van der Waals surface area contributed by atoms with Crippen molar-refractivity contribution in [2.24, 2.45) is 5.73 Å². The molecule has 0 saturated heterocycles. The molecule has 1 heterocycles. The van der Waals surface area contributed by atoms with Crippen LogP contribution in [0.3, 0.4) is 0 Å². The summed E-state index contributed by atoms with van der Waals surface area (Å²) in [6.07, 6.45) is 9.48. The van der Waals surface area contributed by atoms with Gasteiger partial charge in [0, 0.05) is 18.8 Å². The Labute approximate surface area is 123 Å². The van der Waals surface area contributed by atoms with E-state index in [1.807, 2.05) is 0 Å². The predicted octanol–water partition coefficient (Wildman–Crippen LogP) is 4.50. The lowest BCUT2D eigenvalue weighted by Crippen LogP contribution is -2.21. The molecule has 0 bridgehead atoms. The molecule has 2 N–H and O–H groups in total. The second-order valence-corrected chi connectivity index (χ2v) is 5.80. The zero-order valence-corrected chi connectivity index (χ0v) is 12.9. The molecule has 2 aromatic rings. The number of aryl methyl sites for hydroxylation is 1. The predicted molar refractivity (Wildman–Crippen MR) is 88.1 cm³/mol. The highest BCUT2D eigenvalue weighted by Crippen LogP contribution is 2.22. The number of benzene rings is 1. The lowest BCUT2D eigenvalue weighted by atomic mass is 10.0. The van der Waals surface area contributed by atoms with Crippen LogP contribution in [0.1, 0.15) is 51.5 Å². The van der Waals surface area contributed by atoms with Crippen molar-refractivity contribution in [3.8, 4) is 0 Å². The van der Waals surface area contributed by atoms with Gasteiger partial charge in [-0.1, -0.05) is 51.3 Å². The van der Waals surface area contributed by atoms with Crippen LogP contribution >= 0.6 is 0 Å². The summed E-state index contributed by atoms with van der Waals surface area (Å²) in [4.78, 5) is 0. The van der Waals surface area contributed by atoms with Crippen LogP contribution in [0, 0.1) is 0 Å². The van der Waals surface area contributed by atoms with E-state index in [1.165, 1.54) is 42.1 Å². The Hall–Kier alpha value is -1.28. The number of rotatable bonds is 8. The fraction of sp³-hybridized carbons (Fsp3) is 0.556. The number of hydrogen-bond donors (Lipinski definition) is 1. The van der Waals surface area contributed by atoms with E-state index < -0.39 is 0 Å². The summed E-state index contributed by atoms with van der Waals surface area (Å²) in [5.41, 5.74) is 8.94. The van der Waals surface area contributed by atoms with E-state index >= 15 is 0 Å². The van der Waals surface area contributed by atoms with Crippen LogP contribution in [-0.4, -0.2) is 10.6 Å². The molecule has 0 aliphatic heterocycles. The van der Waals surface area contributed by atoms with Crippen LogP contribution < -0.4 is 5.73 Å². The molecule has 110 valence electrons. The Bertz CT molecular complexity index is 527. The van der Waals surface area contributed by atoms with E-state index in [0.29, 0.717) is 0 Å². The maximum Gasteiger partial charge on any atom is 0.0513 e. The number of nitrogens with two attached hydrogens (primary N) is 1. The van der Waals surface area contributed by atoms with Crippen molar-refractivity contribution in [2.75, 3.05) is 0 Å². The molecule has 20 heavy (non-hydrogen) atoms. The Morgan fingerprint density at radius 2 is 1.95 bits per heavy atom. The fourth-order valence-corrected chi connectivity index (χ4v) is 2.83. The molecular weight excluding hydrogens is 244 g/mol. The summed E-state index contributed by atoms with van der Waals surface area (Å²) in [5.74, 6) is 0. The number of unbranched alkanes of at least 4 members (excludes halogenated alkanes) is 3. The third-order valence-corrected chi connectivity index (χ3v) is 4.13.